The van der Waals surface area contributed by atoms with Crippen LogP contribution in [0.15, 0.2) is 89.8 Å². The fourth-order valence-corrected chi connectivity index (χ4v) is 8.01. The number of hydrogen-bond donors (Lipinski definition) is 3. The first kappa shape index (κ1) is 31.0. The van der Waals surface area contributed by atoms with Gasteiger partial charge >= 0.3 is 6.03 Å². The molecule has 1 aromatic heterocycles. The lowest BCUT2D eigenvalue weighted by molar-refractivity contribution is 0.262. The number of allylic oxidation sites excluding steroid dienone is 2. The van der Waals surface area contributed by atoms with E-state index in [1.165, 1.54) is 12.1 Å². The highest BCUT2D eigenvalue weighted by Crippen LogP contribution is 2.36. The fraction of sp³-hybridized carbons (Fsp3) is 0.333. The zero-order valence-corrected chi connectivity index (χ0v) is 27.6. The number of nitrogens with one attached hydrogen (secondary N) is 3. The predicted octanol–water partition coefficient (Wildman–Crippen LogP) is 6.43. The summed E-state index contributed by atoms with van der Waals surface area (Å²) in [5.41, 5.74) is 5.16. The van der Waals surface area contributed by atoms with Crippen LogP contribution >= 0.6 is 12.1 Å². The van der Waals surface area contributed by atoms with Gasteiger partial charge in [0.25, 0.3) is 0 Å². The van der Waals surface area contributed by atoms with Crippen LogP contribution in [-0.4, -0.2) is 45.9 Å². The molecule has 1 saturated heterocycles. The van der Waals surface area contributed by atoms with Crippen LogP contribution in [0.25, 0.3) is 5.69 Å². The Balaban J connectivity index is 1.08. The number of nitrogens with zero attached hydrogens (tertiary/aromatic N) is 4. The largest absolute Gasteiger partial charge is 0.324 e. The average molecular weight is 646 g/mol. The number of carbonyl (C=O) groups is 1. The average Bonchev–Trinajstić information content (AvgIpc) is 3.65. The number of carbonyl (C=O) groups excluding carboxylic acids is 1. The van der Waals surface area contributed by atoms with Gasteiger partial charge in [-0.2, -0.15) is 9.40 Å². The molecule has 1 fully saturated rings. The van der Waals surface area contributed by atoms with Crippen LogP contribution in [-0.2, 0) is 21.9 Å². The van der Waals surface area contributed by atoms with Crippen molar-refractivity contribution in [3.05, 3.63) is 107 Å². The van der Waals surface area contributed by atoms with E-state index in [2.05, 4.69) is 42.2 Å². The van der Waals surface area contributed by atoms with Crippen LogP contribution in [0, 0.1) is 12.8 Å². The van der Waals surface area contributed by atoms with Crippen molar-refractivity contribution in [3.8, 4) is 5.69 Å². The molecule has 10 nitrogen and oxygen atoms in total. The number of sulfonamides is 1. The van der Waals surface area contributed by atoms with E-state index in [-0.39, 0.29) is 11.4 Å². The highest BCUT2D eigenvalue weighted by atomic mass is 32.2. The molecule has 12 heteroatoms. The summed E-state index contributed by atoms with van der Waals surface area (Å²) in [5.74, 6) is 0.936. The summed E-state index contributed by atoms with van der Waals surface area (Å²) >= 11 is 1.35. The Kier molecular flexibility index (Phi) is 8.55. The third-order valence-corrected chi connectivity index (χ3v) is 10.9. The lowest BCUT2D eigenvalue weighted by Crippen LogP contribution is -2.40. The quantitative estimate of drug-likeness (QED) is 0.254. The number of rotatable bonds is 7. The van der Waals surface area contributed by atoms with Gasteiger partial charge in [-0.1, -0.05) is 50.6 Å². The maximum absolute atomic E-state index is 13.5. The predicted molar refractivity (Wildman–Crippen MR) is 181 cm³/mol. The van der Waals surface area contributed by atoms with Crippen molar-refractivity contribution in [3.63, 3.8) is 0 Å². The molecule has 3 N–H and O–H groups in total. The van der Waals surface area contributed by atoms with Crippen molar-refractivity contribution in [2.24, 2.45) is 5.92 Å². The minimum absolute atomic E-state index is 0.187. The molecule has 4 heterocycles. The molecule has 3 aromatic rings. The molecule has 45 heavy (non-hydrogen) atoms. The molecule has 3 aliphatic rings. The van der Waals surface area contributed by atoms with E-state index in [0.717, 1.165) is 41.8 Å². The minimum atomic E-state index is -3.59. The molecule has 0 unspecified atom stereocenters. The normalized spacial score (nSPS) is 17.4. The number of urea groups is 1. The molecule has 0 saturated carbocycles. The highest BCUT2D eigenvalue weighted by Gasteiger charge is 2.36. The van der Waals surface area contributed by atoms with Crippen molar-refractivity contribution in [1.82, 2.24) is 23.1 Å². The number of amides is 2. The van der Waals surface area contributed by atoms with E-state index in [0.29, 0.717) is 41.1 Å². The number of fused-ring (bicyclic) bond motifs is 1. The fourth-order valence-electron chi connectivity index (χ4n) is 5.65. The first-order chi connectivity index (χ1) is 21.5. The number of hydrogen-bond acceptors (Lipinski definition) is 7. The van der Waals surface area contributed by atoms with Crippen molar-refractivity contribution >= 4 is 39.7 Å². The Hall–Kier alpha value is -4.00. The first-order valence-electron chi connectivity index (χ1n) is 15.1. The molecular weight excluding hydrogens is 607 g/mol. The summed E-state index contributed by atoms with van der Waals surface area (Å²) in [7, 11) is -3.59. The molecule has 0 atom stereocenters. The Labute approximate surface area is 269 Å². The lowest BCUT2D eigenvalue weighted by Gasteiger charge is -2.33. The molecule has 0 radical (unpaired) electrons. The van der Waals surface area contributed by atoms with Crippen LogP contribution < -0.4 is 15.4 Å². The zero-order valence-electron chi connectivity index (χ0n) is 25.9. The third kappa shape index (κ3) is 6.82. The van der Waals surface area contributed by atoms with Gasteiger partial charge in [-0.05, 0) is 74.1 Å². The Bertz CT molecular complexity index is 1780. The van der Waals surface area contributed by atoms with E-state index in [1.54, 1.807) is 27.3 Å². The molecule has 0 aliphatic carbocycles. The lowest BCUT2D eigenvalue weighted by atomic mass is 9.91. The number of aromatic nitrogens is 2. The smallest absolute Gasteiger partial charge is 0.316 e. The van der Waals surface area contributed by atoms with Crippen molar-refractivity contribution in [2.75, 3.05) is 23.7 Å². The van der Waals surface area contributed by atoms with Gasteiger partial charge in [0, 0.05) is 42.7 Å². The molecular formula is C33H39N7O3S2. The molecule has 236 valence electrons. The summed E-state index contributed by atoms with van der Waals surface area (Å²) in [4.78, 5) is 13.5. The Morgan fingerprint density at radius 3 is 2.56 bits per heavy atom. The second-order valence-corrected chi connectivity index (χ2v) is 15.4. The molecule has 3 aliphatic heterocycles. The van der Waals surface area contributed by atoms with Crippen LogP contribution in [0.2, 0.25) is 0 Å². The van der Waals surface area contributed by atoms with Gasteiger partial charge in [-0.3, -0.25) is 9.62 Å². The molecule has 6 rings (SSSR count). The number of anilines is 2. The van der Waals surface area contributed by atoms with Gasteiger partial charge in [-0.25, -0.2) is 17.9 Å². The summed E-state index contributed by atoms with van der Waals surface area (Å²) < 4.78 is 35.1. The van der Waals surface area contributed by atoms with Crippen LogP contribution in [0.1, 0.15) is 50.4 Å². The second kappa shape index (κ2) is 12.4. The maximum atomic E-state index is 13.5. The summed E-state index contributed by atoms with van der Waals surface area (Å²) in [6.45, 7) is 9.28. The third-order valence-electron chi connectivity index (χ3n) is 8.20. The van der Waals surface area contributed by atoms with Gasteiger partial charge in [-0.15, -0.1) is 0 Å². The van der Waals surface area contributed by atoms with Gasteiger partial charge in [0.05, 0.1) is 29.2 Å². The first-order valence-corrected chi connectivity index (χ1v) is 17.3. The van der Waals surface area contributed by atoms with Crippen LogP contribution in [0.3, 0.4) is 0 Å². The Morgan fingerprint density at radius 2 is 1.82 bits per heavy atom. The second-order valence-electron chi connectivity index (χ2n) is 12.7. The van der Waals surface area contributed by atoms with Gasteiger partial charge < -0.3 is 10.0 Å². The summed E-state index contributed by atoms with van der Waals surface area (Å²) in [6, 6.07) is 17.4. The van der Waals surface area contributed by atoms with Crippen LogP contribution in [0.5, 0.6) is 0 Å². The van der Waals surface area contributed by atoms with E-state index in [1.807, 2.05) is 66.0 Å². The van der Waals surface area contributed by atoms with Gasteiger partial charge in [0.15, 0.2) is 0 Å². The molecule has 2 aromatic carbocycles. The monoisotopic (exact) mass is 645 g/mol. The van der Waals surface area contributed by atoms with Gasteiger partial charge in [0.2, 0.25) is 10.0 Å². The van der Waals surface area contributed by atoms with E-state index < -0.39 is 10.0 Å². The van der Waals surface area contributed by atoms with Crippen molar-refractivity contribution in [2.45, 2.75) is 52.4 Å². The SMILES string of the molecule is Cc1ccc(-n2nc(C(C)(C)C)cc2NC(=O)Nc2cccc(CC3CCN(S(=O)(=O)C4=CC=CN5SNC=C45)CC3)c2)cc1. The van der Waals surface area contributed by atoms with Crippen molar-refractivity contribution in [1.29, 1.82) is 0 Å². The maximum Gasteiger partial charge on any atom is 0.324 e. The zero-order chi connectivity index (χ0) is 31.8. The minimum Gasteiger partial charge on any atom is -0.316 e. The topological polar surface area (TPSA) is 112 Å². The molecule has 0 bridgehead atoms. The number of benzene rings is 2. The highest BCUT2D eigenvalue weighted by molar-refractivity contribution is 7.96. The van der Waals surface area contributed by atoms with E-state index in [4.69, 9.17) is 5.10 Å². The summed E-state index contributed by atoms with van der Waals surface area (Å²) in [6.07, 6.45) is 9.37. The van der Waals surface area contributed by atoms with Crippen LogP contribution in [0.4, 0.5) is 16.3 Å². The molecule has 0 spiro atoms. The van der Waals surface area contributed by atoms with E-state index >= 15 is 0 Å². The molecule has 2 amide bonds. The van der Waals surface area contributed by atoms with E-state index in [9.17, 15) is 13.2 Å². The number of piperidine rings is 1. The Morgan fingerprint density at radius 1 is 1.07 bits per heavy atom. The van der Waals surface area contributed by atoms with Crippen molar-refractivity contribution < 1.29 is 13.2 Å². The number of aryl methyl sites for hydroxylation is 1. The standard InChI is InChI=1S/C33H39N7O3S2/c1-23-10-12-27(13-11-23)40-31(21-30(37-40)33(2,3)4)36-32(41)35-26-8-5-7-25(20-26)19-24-14-17-38(18-15-24)45(42,43)29-9-6-16-39-28(29)22-34-44-39/h5-13,16,20-22,24,34H,14-15,17-19H2,1-4H3,(H2,35,36,41). The summed E-state index contributed by atoms with van der Waals surface area (Å²) in [5, 5.41) is 10.8. The van der Waals surface area contributed by atoms with Gasteiger partial charge in [0.1, 0.15) is 10.7 Å².